The highest BCUT2D eigenvalue weighted by atomic mass is 32.2. The van der Waals surface area contributed by atoms with Gasteiger partial charge >= 0.3 is 0 Å². The predicted octanol–water partition coefficient (Wildman–Crippen LogP) is 6.77. The van der Waals surface area contributed by atoms with Crippen molar-refractivity contribution in [2.45, 2.75) is 17.1 Å². The van der Waals surface area contributed by atoms with Gasteiger partial charge in [0.05, 0.1) is 10.6 Å². The number of rotatable bonds is 8. The molecule has 0 bridgehead atoms. The quantitative estimate of drug-likeness (QED) is 0.153. The van der Waals surface area contributed by atoms with E-state index in [1.807, 2.05) is 30.3 Å². The molecule has 1 unspecified atom stereocenters. The molecule has 0 spiro atoms. The highest BCUT2D eigenvalue weighted by molar-refractivity contribution is 8.00. The van der Waals surface area contributed by atoms with Crippen LogP contribution in [0, 0.1) is 22.9 Å². The van der Waals surface area contributed by atoms with E-state index in [-0.39, 0.29) is 17.5 Å². The summed E-state index contributed by atoms with van der Waals surface area (Å²) in [5.41, 5.74) is 2.62. The maximum absolute atomic E-state index is 13.4. The van der Waals surface area contributed by atoms with Crippen molar-refractivity contribution in [3.63, 3.8) is 0 Å². The van der Waals surface area contributed by atoms with Gasteiger partial charge in [0.1, 0.15) is 11.1 Å². The maximum Gasteiger partial charge on any atom is 0.271 e. The molecule has 0 aromatic heterocycles. The second kappa shape index (κ2) is 11.5. The van der Waals surface area contributed by atoms with E-state index in [0.717, 1.165) is 10.5 Å². The summed E-state index contributed by atoms with van der Waals surface area (Å²) in [7, 11) is 0. The second-order valence-electron chi connectivity index (χ2n) is 8.14. The fraction of sp³-hybridized carbons (Fsp3) is 0.0714. The number of hydrogen-bond acceptors (Lipinski definition) is 5. The van der Waals surface area contributed by atoms with Crippen LogP contribution in [0.5, 0.6) is 0 Å². The molecule has 4 aromatic carbocycles. The average molecular weight is 516 g/mol. The number of nitrogens with one attached hydrogen (secondary N) is 2. The fourth-order valence-electron chi connectivity index (χ4n) is 3.51. The Morgan fingerprint density at radius 2 is 1.57 bits per heavy atom. The van der Waals surface area contributed by atoms with Gasteiger partial charge in [-0.15, -0.1) is 11.8 Å². The second-order valence-corrected chi connectivity index (χ2v) is 9.32. The van der Waals surface area contributed by atoms with E-state index in [1.54, 1.807) is 37.3 Å². The molecule has 2 N–H and O–H groups in total. The Morgan fingerprint density at radius 1 is 0.892 bits per heavy atom. The molecule has 1 atom stereocenters. The number of carbonyl (C=O) groups excluding carboxylic acids is 2. The number of nitro benzene ring substituents is 1. The zero-order chi connectivity index (χ0) is 26.4. The molecule has 0 heterocycles. The van der Waals surface area contributed by atoms with Crippen LogP contribution >= 0.6 is 11.8 Å². The maximum atomic E-state index is 13.4. The van der Waals surface area contributed by atoms with Crippen LogP contribution < -0.4 is 10.6 Å². The smallest absolute Gasteiger partial charge is 0.271 e. The molecule has 9 heteroatoms. The number of anilines is 2. The average Bonchev–Trinajstić information content (AvgIpc) is 2.90. The van der Waals surface area contributed by atoms with Crippen LogP contribution in [0.2, 0.25) is 0 Å². The Bertz CT molecular complexity index is 1430. The standard InChI is InChI=1S/C28H22FN3O4S/c1-18-7-14-23(32(35)36)17-25(18)31-28(34)26(19-5-3-2-4-6-19)37-24-15-12-22(13-16-24)30-27(33)20-8-10-21(29)11-9-20/h2-17,26H,1H3,(H,30,33)(H,31,34). The summed E-state index contributed by atoms with van der Waals surface area (Å²) in [6.07, 6.45) is 0. The van der Waals surface area contributed by atoms with E-state index in [1.165, 1.54) is 48.2 Å². The van der Waals surface area contributed by atoms with Crippen LogP contribution in [0.25, 0.3) is 0 Å². The molecule has 0 radical (unpaired) electrons. The minimum absolute atomic E-state index is 0.108. The molecule has 2 amide bonds. The molecular weight excluding hydrogens is 493 g/mol. The third kappa shape index (κ3) is 6.59. The van der Waals surface area contributed by atoms with Gasteiger partial charge in [0.2, 0.25) is 5.91 Å². The molecule has 0 saturated carbocycles. The Hall–Kier alpha value is -4.50. The summed E-state index contributed by atoms with van der Waals surface area (Å²) in [4.78, 5) is 37.2. The summed E-state index contributed by atoms with van der Waals surface area (Å²) in [6, 6.07) is 25.8. The molecule has 4 aromatic rings. The van der Waals surface area contributed by atoms with Crippen molar-refractivity contribution in [2.24, 2.45) is 0 Å². The number of thioether (sulfide) groups is 1. The summed E-state index contributed by atoms with van der Waals surface area (Å²) < 4.78 is 13.1. The molecule has 7 nitrogen and oxygen atoms in total. The van der Waals surface area contributed by atoms with Crippen molar-refractivity contribution < 1.29 is 18.9 Å². The first-order valence-corrected chi connectivity index (χ1v) is 12.1. The van der Waals surface area contributed by atoms with E-state index in [0.29, 0.717) is 22.5 Å². The Labute approximate surface area is 216 Å². The number of hydrogen-bond donors (Lipinski definition) is 2. The SMILES string of the molecule is Cc1ccc([N+](=O)[O-])cc1NC(=O)C(Sc1ccc(NC(=O)c2ccc(F)cc2)cc1)c1ccccc1. The summed E-state index contributed by atoms with van der Waals surface area (Å²) >= 11 is 1.31. The number of non-ortho nitro benzene ring substituents is 1. The van der Waals surface area contributed by atoms with Crippen molar-refractivity contribution in [2.75, 3.05) is 10.6 Å². The monoisotopic (exact) mass is 515 g/mol. The normalized spacial score (nSPS) is 11.4. The van der Waals surface area contributed by atoms with E-state index >= 15 is 0 Å². The largest absolute Gasteiger partial charge is 0.324 e. The van der Waals surface area contributed by atoms with Crippen LogP contribution in [0.1, 0.15) is 26.7 Å². The summed E-state index contributed by atoms with van der Waals surface area (Å²) in [5.74, 6) is -1.11. The lowest BCUT2D eigenvalue weighted by Gasteiger charge is -2.18. The van der Waals surface area contributed by atoms with E-state index in [2.05, 4.69) is 10.6 Å². The highest BCUT2D eigenvalue weighted by Gasteiger charge is 2.23. The van der Waals surface area contributed by atoms with Crippen molar-refractivity contribution in [3.05, 3.63) is 130 Å². The molecule has 0 fully saturated rings. The van der Waals surface area contributed by atoms with Crippen LogP contribution in [0.3, 0.4) is 0 Å². The summed E-state index contributed by atoms with van der Waals surface area (Å²) in [5, 5.41) is 16.1. The van der Waals surface area contributed by atoms with Crippen molar-refractivity contribution in [1.29, 1.82) is 0 Å². The van der Waals surface area contributed by atoms with Crippen molar-refractivity contribution in [3.8, 4) is 0 Å². The molecule has 0 aliphatic heterocycles. The van der Waals surface area contributed by atoms with Gasteiger partial charge in [-0.2, -0.15) is 0 Å². The fourth-order valence-corrected chi connectivity index (χ4v) is 4.54. The lowest BCUT2D eigenvalue weighted by Crippen LogP contribution is -2.19. The van der Waals surface area contributed by atoms with Gasteiger partial charge < -0.3 is 10.6 Å². The minimum Gasteiger partial charge on any atom is -0.324 e. The number of halogens is 1. The number of aryl methyl sites for hydroxylation is 1. The molecule has 0 saturated heterocycles. The van der Waals surface area contributed by atoms with Gasteiger partial charge in [-0.3, -0.25) is 19.7 Å². The zero-order valence-corrected chi connectivity index (χ0v) is 20.5. The predicted molar refractivity (Wildman–Crippen MR) is 142 cm³/mol. The lowest BCUT2D eigenvalue weighted by molar-refractivity contribution is -0.384. The summed E-state index contributed by atoms with van der Waals surface area (Å²) in [6.45, 7) is 1.77. The Kier molecular flexibility index (Phi) is 7.95. The molecule has 186 valence electrons. The third-order valence-corrected chi connectivity index (χ3v) is 6.77. The van der Waals surface area contributed by atoms with Crippen LogP contribution in [-0.4, -0.2) is 16.7 Å². The van der Waals surface area contributed by atoms with Gasteiger partial charge in [-0.1, -0.05) is 36.4 Å². The van der Waals surface area contributed by atoms with Crippen LogP contribution in [0.4, 0.5) is 21.5 Å². The lowest BCUT2D eigenvalue weighted by atomic mass is 10.1. The number of nitro groups is 1. The van der Waals surface area contributed by atoms with Crippen LogP contribution in [0.15, 0.2) is 102 Å². The number of carbonyl (C=O) groups is 2. The first kappa shape index (κ1) is 25.6. The Balaban J connectivity index is 1.51. The van der Waals surface area contributed by atoms with E-state index < -0.39 is 16.0 Å². The van der Waals surface area contributed by atoms with Gasteiger partial charge in [0.15, 0.2) is 0 Å². The third-order valence-electron chi connectivity index (χ3n) is 5.50. The van der Waals surface area contributed by atoms with E-state index in [9.17, 15) is 24.1 Å². The number of benzene rings is 4. The highest BCUT2D eigenvalue weighted by Crippen LogP contribution is 2.37. The van der Waals surface area contributed by atoms with Crippen molar-refractivity contribution >= 4 is 40.6 Å². The van der Waals surface area contributed by atoms with E-state index in [4.69, 9.17) is 0 Å². The number of nitrogens with zero attached hydrogens (tertiary/aromatic N) is 1. The number of amides is 2. The molecular formula is C28H22FN3O4S. The van der Waals surface area contributed by atoms with Crippen molar-refractivity contribution in [1.82, 2.24) is 0 Å². The van der Waals surface area contributed by atoms with Gasteiger partial charge in [0, 0.05) is 28.3 Å². The van der Waals surface area contributed by atoms with Crippen LogP contribution in [-0.2, 0) is 4.79 Å². The first-order chi connectivity index (χ1) is 17.8. The molecule has 37 heavy (non-hydrogen) atoms. The minimum atomic E-state index is -0.639. The van der Waals surface area contributed by atoms with Gasteiger partial charge in [0.25, 0.3) is 11.6 Å². The molecule has 0 aliphatic carbocycles. The molecule has 0 aliphatic rings. The van der Waals surface area contributed by atoms with Gasteiger partial charge in [-0.05, 0) is 66.6 Å². The first-order valence-electron chi connectivity index (χ1n) is 11.2. The topological polar surface area (TPSA) is 101 Å². The Morgan fingerprint density at radius 3 is 2.22 bits per heavy atom. The van der Waals surface area contributed by atoms with Gasteiger partial charge in [-0.25, -0.2) is 4.39 Å². The zero-order valence-electron chi connectivity index (χ0n) is 19.7. The molecule has 4 rings (SSSR count).